The van der Waals surface area contributed by atoms with Gasteiger partial charge >= 0.3 is 0 Å². The summed E-state index contributed by atoms with van der Waals surface area (Å²) in [6.45, 7) is 1.50. The number of benzene rings is 2. The molecule has 2 nitrogen and oxygen atoms in total. The van der Waals surface area contributed by atoms with Crippen LogP contribution in [0.15, 0.2) is 28.7 Å². The summed E-state index contributed by atoms with van der Waals surface area (Å²) >= 11 is 9.23. The molecule has 0 bridgehead atoms. The van der Waals surface area contributed by atoms with Crippen molar-refractivity contribution in [3.8, 4) is 5.75 Å². The zero-order chi connectivity index (χ0) is 15.7. The van der Waals surface area contributed by atoms with E-state index >= 15 is 0 Å². The molecular weight excluding hydrogens is 366 g/mol. The fraction of sp³-hybridized carbons (Fsp3) is 0.200. The first-order chi connectivity index (χ1) is 9.85. The van der Waals surface area contributed by atoms with Gasteiger partial charge in [-0.3, -0.25) is 0 Å². The third kappa shape index (κ3) is 3.20. The minimum absolute atomic E-state index is 0.0404. The van der Waals surface area contributed by atoms with E-state index in [4.69, 9.17) is 16.3 Å². The Kier molecular flexibility index (Phi) is 4.86. The number of rotatable bonds is 3. The molecule has 1 atom stereocenters. The summed E-state index contributed by atoms with van der Waals surface area (Å²) in [4.78, 5) is 0. The summed E-state index contributed by atoms with van der Waals surface area (Å²) in [7, 11) is 1.43. The van der Waals surface area contributed by atoms with E-state index in [2.05, 4.69) is 15.9 Å². The van der Waals surface area contributed by atoms with Crippen LogP contribution >= 0.6 is 27.5 Å². The molecule has 2 aromatic carbocycles. The van der Waals surface area contributed by atoms with Crippen LogP contribution in [0.25, 0.3) is 0 Å². The second-order valence-electron chi connectivity index (χ2n) is 4.54. The molecule has 0 heterocycles. The second kappa shape index (κ2) is 6.30. The van der Waals surface area contributed by atoms with E-state index in [0.29, 0.717) is 20.8 Å². The van der Waals surface area contributed by atoms with E-state index in [-0.39, 0.29) is 11.1 Å². The average Bonchev–Trinajstić information content (AvgIpc) is 2.41. The highest BCUT2D eigenvalue weighted by atomic mass is 79.9. The molecule has 0 fully saturated rings. The van der Waals surface area contributed by atoms with Gasteiger partial charge in [-0.1, -0.05) is 11.6 Å². The highest BCUT2D eigenvalue weighted by Crippen LogP contribution is 2.39. The van der Waals surface area contributed by atoms with E-state index in [1.54, 1.807) is 6.07 Å². The largest absolute Gasteiger partial charge is 0.495 e. The molecule has 1 N–H and O–H groups in total. The van der Waals surface area contributed by atoms with Gasteiger partial charge in [0.05, 0.1) is 11.6 Å². The van der Waals surface area contributed by atoms with E-state index in [1.165, 1.54) is 26.2 Å². The van der Waals surface area contributed by atoms with Crippen molar-refractivity contribution in [2.24, 2.45) is 0 Å². The zero-order valence-corrected chi connectivity index (χ0v) is 13.6. The van der Waals surface area contributed by atoms with Crippen LogP contribution in [-0.2, 0) is 0 Å². The molecule has 0 spiro atoms. The number of hydrogen-bond acceptors (Lipinski definition) is 2. The van der Waals surface area contributed by atoms with E-state index < -0.39 is 17.7 Å². The molecule has 0 aliphatic carbocycles. The molecule has 2 rings (SSSR count). The third-order valence-corrected chi connectivity index (χ3v) is 3.92. The van der Waals surface area contributed by atoms with Crippen LogP contribution in [0.2, 0.25) is 5.02 Å². The Balaban J connectivity index is 2.60. The Hall–Kier alpha value is -1.17. The Bertz CT molecular complexity index is 692. The van der Waals surface area contributed by atoms with Crippen molar-refractivity contribution in [1.82, 2.24) is 0 Å². The SMILES string of the molecule is COc1c(Br)cc(Cl)cc1C(O)c1cc(C)c(F)cc1F. The summed E-state index contributed by atoms with van der Waals surface area (Å²) in [5, 5.41) is 10.8. The van der Waals surface area contributed by atoms with Crippen LogP contribution < -0.4 is 4.74 Å². The van der Waals surface area contributed by atoms with E-state index in [1.807, 2.05) is 0 Å². The maximum atomic E-state index is 13.9. The van der Waals surface area contributed by atoms with Gasteiger partial charge in [0.2, 0.25) is 0 Å². The summed E-state index contributed by atoms with van der Waals surface area (Å²) in [6, 6.07) is 5.10. The Labute approximate surface area is 134 Å². The van der Waals surface area contributed by atoms with Crippen LogP contribution in [-0.4, -0.2) is 12.2 Å². The van der Waals surface area contributed by atoms with E-state index in [0.717, 1.165) is 6.07 Å². The van der Waals surface area contributed by atoms with Crippen LogP contribution in [0.4, 0.5) is 8.78 Å². The lowest BCUT2D eigenvalue weighted by molar-refractivity contribution is 0.209. The smallest absolute Gasteiger partial charge is 0.139 e. The first kappa shape index (κ1) is 16.2. The number of aliphatic hydroxyl groups is 1. The maximum absolute atomic E-state index is 13.9. The quantitative estimate of drug-likeness (QED) is 0.834. The topological polar surface area (TPSA) is 29.5 Å². The fourth-order valence-corrected chi connectivity index (χ4v) is 3.05. The van der Waals surface area contributed by atoms with Gasteiger partial charge in [0.1, 0.15) is 23.5 Å². The summed E-state index contributed by atoms with van der Waals surface area (Å²) in [5.41, 5.74) is 0.494. The molecular formula is C15H12BrClF2O2. The molecule has 0 amide bonds. The fourth-order valence-electron chi connectivity index (χ4n) is 2.06. The first-order valence-corrected chi connectivity index (χ1v) is 7.18. The van der Waals surface area contributed by atoms with Crippen molar-refractivity contribution in [3.63, 3.8) is 0 Å². The Morgan fingerprint density at radius 3 is 2.43 bits per heavy atom. The van der Waals surface area contributed by atoms with Crippen LogP contribution in [0.5, 0.6) is 5.75 Å². The standard InChI is InChI=1S/C15H12BrClF2O2/c1-7-3-9(13(19)6-12(7)18)14(20)10-4-8(17)5-11(16)15(10)21-2/h3-6,14,20H,1-2H3. The highest BCUT2D eigenvalue weighted by molar-refractivity contribution is 9.10. The summed E-state index contributed by atoms with van der Waals surface area (Å²) < 4.78 is 33.0. The summed E-state index contributed by atoms with van der Waals surface area (Å²) in [5.74, 6) is -1.15. The van der Waals surface area contributed by atoms with Gasteiger partial charge in [-0.25, -0.2) is 8.78 Å². The predicted molar refractivity (Wildman–Crippen MR) is 80.9 cm³/mol. The van der Waals surface area contributed by atoms with Crippen LogP contribution in [0, 0.1) is 18.6 Å². The molecule has 6 heteroatoms. The zero-order valence-electron chi connectivity index (χ0n) is 11.3. The normalized spacial score (nSPS) is 12.3. The monoisotopic (exact) mass is 376 g/mol. The van der Waals surface area contributed by atoms with Crippen molar-refractivity contribution in [2.75, 3.05) is 7.11 Å². The van der Waals surface area contributed by atoms with Crippen molar-refractivity contribution in [2.45, 2.75) is 13.0 Å². The lowest BCUT2D eigenvalue weighted by atomic mass is 9.98. The van der Waals surface area contributed by atoms with Crippen LogP contribution in [0.3, 0.4) is 0 Å². The van der Waals surface area contributed by atoms with Crippen molar-refractivity contribution in [3.05, 3.63) is 62.1 Å². The second-order valence-corrected chi connectivity index (χ2v) is 5.83. The molecule has 0 saturated carbocycles. The number of aryl methyl sites for hydroxylation is 1. The van der Waals surface area contributed by atoms with E-state index in [9.17, 15) is 13.9 Å². The molecule has 21 heavy (non-hydrogen) atoms. The van der Waals surface area contributed by atoms with Crippen molar-refractivity contribution >= 4 is 27.5 Å². The van der Waals surface area contributed by atoms with Gasteiger partial charge in [0.15, 0.2) is 0 Å². The van der Waals surface area contributed by atoms with Crippen molar-refractivity contribution < 1.29 is 18.6 Å². The number of ether oxygens (including phenoxy) is 1. The van der Waals surface area contributed by atoms with Gasteiger partial charge < -0.3 is 9.84 Å². The Morgan fingerprint density at radius 2 is 1.81 bits per heavy atom. The lowest BCUT2D eigenvalue weighted by Gasteiger charge is -2.18. The maximum Gasteiger partial charge on any atom is 0.139 e. The third-order valence-electron chi connectivity index (χ3n) is 3.11. The lowest BCUT2D eigenvalue weighted by Crippen LogP contribution is -2.06. The van der Waals surface area contributed by atoms with Crippen LogP contribution in [0.1, 0.15) is 22.8 Å². The van der Waals surface area contributed by atoms with Gasteiger partial charge in [0, 0.05) is 22.2 Å². The number of aliphatic hydroxyl groups excluding tert-OH is 1. The van der Waals surface area contributed by atoms with Gasteiger partial charge in [-0.15, -0.1) is 0 Å². The number of halogens is 4. The molecule has 0 aromatic heterocycles. The molecule has 0 aliphatic heterocycles. The number of methoxy groups -OCH3 is 1. The predicted octanol–water partition coefficient (Wildman–Crippen LogP) is 4.78. The highest BCUT2D eigenvalue weighted by Gasteiger charge is 2.22. The average molecular weight is 378 g/mol. The van der Waals surface area contributed by atoms with Gasteiger partial charge in [-0.2, -0.15) is 0 Å². The minimum atomic E-state index is -1.32. The molecule has 0 saturated heterocycles. The van der Waals surface area contributed by atoms with Crippen molar-refractivity contribution in [1.29, 1.82) is 0 Å². The Morgan fingerprint density at radius 1 is 1.14 bits per heavy atom. The number of hydrogen-bond donors (Lipinski definition) is 1. The van der Waals surface area contributed by atoms with Gasteiger partial charge in [-0.05, 0) is 46.6 Å². The van der Waals surface area contributed by atoms with Gasteiger partial charge in [0.25, 0.3) is 0 Å². The molecule has 1 unspecified atom stereocenters. The summed E-state index contributed by atoms with van der Waals surface area (Å²) in [6.07, 6.45) is -1.32. The molecule has 0 aliphatic rings. The first-order valence-electron chi connectivity index (χ1n) is 6.01. The molecule has 0 radical (unpaired) electrons. The minimum Gasteiger partial charge on any atom is -0.495 e. The molecule has 112 valence electrons. The molecule has 2 aromatic rings.